The molecule has 4 nitrogen and oxygen atoms in total. The third kappa shape index (κ3) is 2.61. The molecule has 1 aliphatic heterocycles. The van der Waals surface area contributed by atoms with Crippen LogP contribution in [-0.4, -0.2) is 54.7 Å². The molecule has 0 bridgehead atoms. The molecule has 1 amide bonds. The molecule has 0 aromatic heterocycles. The quantitative estimate of drug-likeness (QED) is 0.775. The van der Waals surface area contributed by atoms with Gasteiger partial charge in [-0.05, 0) is 36.5 Å². The van der Waals surface area contributed by atoms with Crippen molar-refractivity contribution >= 4 is 11.7 Å². The van der Waals surface area contributed by atoms with Gasteiger partial charge in [0.15, 0.2) is 5.78 Å². The molecule has 3 rings (SSSR count). The molecule has 2 aliphatic rings. The van der Waals surface area contributed by atoms with E-state index < -0.39 is 0 Å². The first-order valence-electron chi connectivity index (χ1n) is 7.25. The van der Waals surface area contributed by atoms with Crippen LogP contribution in [0, 0.1) is 0 Å². The van der Waals surface area contributed by atoms with Crippen molar-refractivity contribution in [3.8, 4) is 0 Å². The Morgan fingerprint density at radius 2 is 2.00 bits per heavy atom. The van der Waals surface area contributed by atoms with Crippen molar-refractivity contribution in [3.63, 3.8) is 0 Å². The summed E-state index contributed by atoms with van der Waals surface area (Å²) in [6.07, 6.45) is 3.42. The number of carbonyl (C=O) groups excluding carboxylic acids is 2. The Morgan fingerprint density at radius 3 is 2.80 bits per heavy atom. The molecule has 1 aromatic carbocycles. The topological polar surface area (TPSA) is 40.6 Å². The average molecular weight is 272 g/mol. The lowest BCUT2D eigenvalue weighted by Gasteiger charge is -2.31. The second kappa shape index (κ2) is 5.37. The van der Waals surface area contributed by atoms with Gasteiger partial charge < -0.3 is 4.90 Å². The van der Waals surface area contributed by atoms with Gasteiger partial charge in [-0.3, -0.25) is 14.5 Å². The smallest absolute Gasteiger partial charge is 0.236 e. The van der Waals surface area contributed by atoms with Crippen LogP contribution in [-0.2, 0) is 17.6 Å². The fourth-order valence-corrected chi connectivity index (χ4v) is 2.98. The summed E-state index contributed by atoms with van der Waals surface area (Å²) in [4.78, 5) is 27.6. The highest BCUT2D eigenvalue weighted by atomic mass is 16.2. The highest BCUT2D eigenvalue weighted by molar-refractivity contribution is 5.98. The fraction of sp³-hybridized carbons (Fsp3) is 0.500. The summed E-state index contributed by atoms with van der Waals surface area (Å²) >= 11 is 0. The van der Waals surface area contributed by atoms with E-state index in [2.05, 4.69) is 6.07 Å². The summed E-state index contributed by atoms with van der Waals surface area (Å²) in [5.74, 6) is 0.218. The lowest BCUT2D eigenvalue weighted by molar-refractivity contribution is -0.134. The molecule has 1 aliphatic carbocycles. The van der Waals surface area contributed by atoms with Crippen molar-refractivity contribution in [1.29, 1.82) is 0 Å². The number of hydrogen-bond acceptors (Lipinski definition) is 3. The zero-order valence-corrected chi connectivity index (χ0v) is 11.9. The largest absolute Gasteiger partial charge is 0.343 e. The molecule has 1 fully saturated rings. The molecule has 0 saturated carbocycles. The van der Waals surface area contributed by atoms with Crippen LogP contribution in [0.15, 0.2) is 18.2 Å². The van der Waals surface area contributed by atoms with E-state index in [4.69, 9.17) is 0 Å². The van der Waals surface area contributed by atoms with Crippen LogP contribution in [0.5, 0.6) is 0 Å². The van der Waals surface area contributed by atoms with Gasteiger partial charge in [-0.2, -0.15) is 0 Å². The number of carbonyl (C=O) groups is 2. The van der Waals surface area contributed by atoms with Crippen LogP contribution in [0.3, 0.4) is 0 Å². The predicted molar refractivity (Wildman–Crippen MR) is 76.9 cm³/mol. The number of aryl methyl sites for hydroxylation is 2. The van der Waals surface area contributed by atoms with Crippen molar-refractivity contribution in [1.82, 2.24) is 9.80 Å². The van der Waals surface area contributed by atoms with Gasteiger partial charge in [0.2, 0.25) is 5.91 Å². The molecule has 1 heterocycles. The Kier molecular flexibility index (Phi) is 3.57. The maximum atomic E-state index is 12.3. The van der Waals surface area contributed by atoms with E-state index in [1.54, 1.807) is 4.90 Å². The summed E-state index contributed by atoms with van der Waals surface area (Å²) in [6.45, 7) is 2.18. The number of ketones is 1. The van der Waals surface area contributed by atoms with E-state index in [0.29, 0.717) is 19.6 Å². The number of rotatable bonds is 3. The third-order valence-electron chi connectivity index (χ3n) is 4.32. The third-order valence-corrected chi connectivity index (χ3v) is 4.32. The van der Waals surface area contributed by atoms with Gasteiger partial charge in [-0.1, -0.05) is 12.1 Å². The minimum atomic E-state index is 0.0954. The van der Waals surface area contributed by atoms with E-state index in [1.165, 1.54) is 17.5 Å². The number of piperazine rings is 1. The molecule has 0 atom stereocenters. The second-order valence-corrected chi connectivity index (χ2v) is 5.79. The first kappa shape index (κ1) is 13.3. The van der Waals surface area contributed by atoms with Crippen LogP contribution >= 0.6 is 0 Å². The Bertz CT molecular complexity index is 553. The first-order valence-corrected chi connectivity index (χ1v) is 7.25. The van der Waals surface area contributed by atoms with Gasteiger partial charge in [0.1, 0.15) is 0 Å². The molecule has 106 valence electrons. The first-order chi connectivity index (χ1) is 9.63. The molecule has 0 N–H and O–H groups in total. The normalized spacial score (nSPS) is 19.2. The Balaban J connectivity index is 1.66. The van der Waals surface area contributed by atoms with Crippen LogP contribution in [0.1, 0.15) is 27.9 Å². The predicted octanol–water partition coefficient (Wildman–Crippen LogP) is 1.13. The van der Waals surface area contributed by atoms with E-state index in [0.717, 1.165) is 24.9 Å². The molecule has 20 heavy (non-hydrogen) atoms. The maximum absolute atomic E-state index is 12.3. The highest BCUT2D eigenvalue weighted by Gasteiger charge is 2.23. The van der Waals surface area contributed by atoms with E-state index in [1.807, 2.05) is 24.1 Å². The SMILES string of the molecule is CN1CCN(CC(=O)c2ccc3c(c2)CCC3)CC1=O. The zero-order chi connectivity index (χ0) is 14.1. The van der Waals surface area contributed by atoms with Crippen molar-refractivity contribution in [2.45, 2.75) is 19.3 Å². The van der Waals surface area contributed by atoms with Crippen LogP contribution in [0.2, 0.25) is 0 Å². The van der Waals surface area contributed by atoms with Gasteiger partial charge in [-0.25, -0.2) is 0 Å². The number of amides is 1. The average Bonchev–Trinajstić information content (AvgIpc) is 2.90. The summed E-state index contributed by atoms with van der Waals surface area (Å²) in [5, 5.41) is 0. The number of Topliss-reactive ketones (excluding diaryl/α,β-unsaturated/α-hetero) is 1. The Morgan fingerprint density at radius 1 is 1.20 bits per heavy atom. The van der Waals surface area contributed by atoms with Gasteiger partial charge >= 0.3 is 0 Å². The van der Waals surface area contributed by atoms with Crippen molar-refractivity contribution in [3.05, 3.63) is 34.9 Å². The molecular formula is C16H20N2O2. The van der Waals surface area contributed by atoms with Crippen molar-refractivity contribution in [2.24, 2.45) is 0 Å². The summed E-state index contributed by atoms with van der Waals surface area (Å²) in [7, 11) is 1.81. The molecule has 0 radical (unpaired) electrons. The molecule has 0 unspecified atom stereocenters. The Hall–Kier alpha value is -1.68. The minimum Gasteiger partial charge on any atom is -0.343 e. The molecular weight excluding hydrogens is 252 g/mol. The molecule has 4 heteroatoms. The number of nitrogens with zero attached hydrogens (tertiary/aromatic N) is 2. The van der Waals surface area contributed by atoms with Gasteiger partial charge in [0.25, 0.3) is 0 Å². The van der Waals surface area contributed by atoms with Gasteiger partial charge in [0.05, 0.1) is 13.1 Å². The summed E-state index contributed by atoms with van der Waals surface area (Å²) in [5.41, 5.74) is 3.50. The summed E-state index contributed by atoms with van der Waals surface area (Å²) in [6, 6.07) is 6.07. The monoisotopic (exact) mass is 272 g/mol. The highest BCUT2D eigenvalue weighted by Crippen LogP contribution is 2.23. The van der Waals surface area contributed by atoms with E-state index >= 15 is 0 Å². The maximum Gasteiger partial charge on any atom is 0.236 e. The molecule has 0 spiro atoms. The van der Waals surface area contributed by atoms with Crippen LogP contribution in [0.25, 0.3) is 0 Å². The lowest BCUT2D eigenvalue weighted by Crippen LogP contribution is -2.49. The number of hydrogen-bond donors (Lipinski definition) is 0. The Labute approximate surface area is 119 Å². The number of fused-ring (bicyclic) bond motifs is 1. The van der Waals surface area contributed by atoms with Crippen LogP contribution in [0.4, 0.5) is 0 Å². The van der Waals surface area contributed by atoms with Crippen LogP contribution < -0.4 is 0 Å². The standard InChI is InChI=1S/C16H20N2O2/c1-17-7-8-18(11-16(17)20)10-15(19)14-6-5-12-3-2-4-13(12)9-14/h5-6,9H,2-4,7-8,10-11H2,1H3. The second-order valence-electron chi connectivity index (χ2n) is 5.79. The lowest BCUT2D eigenvalue weighted by atomic mass is 10.0. The number of likely N-dealkylation sites (N-methyl/N-ethyl adjacent to an activating group) is 1. The summed E-state index contributed by atoms with van der Waals surface area (Å²) < 4.78 is 0. The van der Waals surface area contributed by atoms with Crippen molar-refractivity contribution < 1.29 is 9.59 Å². The fourth-order valence-electron chi connectivity index (χ4n) is 2.98. The van der Waals surface area contributed by atoms with Gasteiger partial charge in [0, 0.05) is 25.7 Å². The molecule has 1 saturated heterocycles. The van der Waals surface area contributed by atoms with E-state index in [9.17, 15) is 9.59 Å². The molecule has 1 aromatic rings. The van der Waals surface area contributed by atoms with Crippen molar-refractivity contribution in [2.75, 3.05) is 33.2 Å². The zero-order valence-electron chi connectivity index (χ0n) is 11.9. The number of benzene rings is 1. The van der Waals surface area contributed by atoms with Gasteiger partial charge in [-0.15, -0.1) is 0 Å². The van der Waals surface area contributed by atoms with E-state index in [-0.39, 0.29) is 11.7 Å². The minimum absolute atomic E-state index is 0.0954.